The van der Waals surface area contributed by atoms with Crippen molar-refractivity contribution in [2.24, 2.45) is 5.73 Å². The smallest absolute Gasteiger partial charge is 0.323 e. The molecule has 110 valence electrons. The zero-order chi connectivity index (χ0) is 15.3. The SMILES string of the molecule is CCOC(=O)CS(=O)(=O)N(C)c1cccc(C(N)=S)c1. The van der Waals surface area contributed by atoms with Crippen molar-refractivity contribution >= 4 is 38.9 Å². The molecule has 0 amide bonds. The second-order valence-corrected chi connectivity index (χ2v) is 6.38. The maximum absolute atomic E-state index is 12.1. The Morgan fingerprint density at radius 3 is 2.65 bits per heavy atom. The summed E-state index contributed by atoms with van der Waals surface area (Å²) in [5.74, 6) is -1.50. The lowest BCUT2D eigenvalue weighted by Crippen LogP contribution is -2.33. The molecule has 8 heteroatoms. The standard InChI is InChI=1S/C12H16N2O4S2/c1-3-18-11(15)8-20(16,17)14(2)10-6-4-5-9(7-10)12(13)19/h4-7H,3,8H2,1-2H3,(H2,13,19). The quantitative estimate of drug-likeness (QED) is 0.612. The van der Waals surface area contributed by atoms with Crippen LogP contribution in [0.5, 0.6) is 0 Å². The van der Waals surface area contributed by atoms with Crippen molar-refractivity contribution in [1.82, 2.24) is 0 Å². The summed E-state index contributed by atoms with van der Waals surface area (Å²) in [4.78, 5) is 11.5. The minimum absolute atomic E-state index is 0.134. The van der Waals surface area contributed by atoms with Crippen molar-refractivity contribution < 1.29 is 17.9 Å². The van der Waals surface area contributed by atoms with E-state index in [1.54, 1.807) is 31.2 Å². The predicted molar refractivity (Wildman–Crippen MR) is 81.2 cm³/mol. The average Bonchev–Trinajstić information content (AvgIpc) is 2.37. The van der Waals surface area contributed by atoms with Crippen molar-refractivity contribution in [2.45, 2.75) is 6.92 Å². The van der Waals surface area contributed by atoms with E-state index in [-0.39, 0.29) is 11.6 Å². The van der Waals surface area contributed by atoms with Crippen molar-refractivity contribution in [3.05, 3.63) is 29.8 Å². The Bertz CT molecular complexity index is 614. The first-order valence-corrected chi connectivity index (χ1v) is 7.81. The van der Waals surface area contributed by atoms with Crippen molar-refractivity contribution in [3.8, 4) is 0 Å². The molecule has 1 rings (SSSR count). The Balaban J connectivity index is 2.98. The zero-order valence-corrected chi connectivity index (χ0v) is 12.8. The lowest BCUT2D eigenvalue weighted by Gasteiger charge is -2.19. The fourth-order valence-corrected chi connectivity index (χ4v) is 2.60. The number of ether oxygens (including phenoxy) is 1. The first kappa shape index (κ1) is 16.4. The number of carbonyl (C=O) groups excluding carboxylic acids is 1. The summed E-state index contributed by atoms with van der Waals surface area (Å²) in [6.45, 7) is 1.74. The number of nitrogens with two attached hydrogens (primary N) is 1. The lowest BCUT2D eigenvalue weighted by molar-refractivity contribution is -0.139. The van der Waals surface area contributed by atoms with Gasteiger partial charge >= 0.3 is 5.97 Å². The van der Waals surface area contributed by atoms with Crippen LogP contribution >= 0.6 is 12.2 Å². The van der Waals surface area contributed by atoms with Crippen LogP contribution in [0.15, 0.2) is 24.3 Å². The number of rotatable bonds is 6. The summed E-state index contributed by atoms with van der Waals surface area (Å²) in [7, 11) is -2.45. The van der Waals surface area contributed by atoms with Gasteiger partial charge in [-0.25, -0.2) is 8.42 Å². The largest absolute Gasteiger partial charge is 0.465 e. The molecule has 1 aromatic carbocycles. The molecule has 0 bridgehead atoms. The summed E-state index contributed by atoms with van der Waals surface area (Å²) in [5, 5.41) is 0. The molecule has 1 aromatic rings. The fourth-order valence-electron chi connectivity index (χ4n) is 1.46. The van der Waals surface area contributed by atoms with E-state index < -0.39 is 21.7 Å². The third kappa shape index (κ3) is 4.17. The Labute approximate surface area is 123 Å². The van der Waals surface area contributed by atoms with Gasteiger partial charge in [0.05, 0.1) is 12.3 Å². The third-order valence-electron chi connectivity index (χ3n) is 2.52. The van der Waals surface area contributed by atoms with Gasteiger partial charge in [-0.1, -0.05) is 24.4 Å². The highest BCUT2D eigenvalue weighted by Gasteiger charge is 2.23. The van der Waals surface area contributed by atoms with Gasteiger partial charge in [0.15, 0.2) is 5.75 Å². The number of carbonyl (C=O) groups is 1. The van der Waals surface area contributed by atoms with E-state index in [2.05, 4.69) is 4.74 Å². The Morgan fingerprint density at radius 1 is 1.45 bits per heavy atom. The maximum atomic E-state index is 12.1. The monoisotopic (exact) mass is 316 g/mol. The van der Waals surface area contributed by atoms with E-state index in [1.807, 2.05) is 0 Å². The molecule has 0 radical (unpaired) electrons. The molecule has 0 heterocycles. The van der Waals surface area contributed by atoms with Gasteiger partial charge in [-0.05, 0) is 19.1 Å². The van der Waals surface area contributed by atoms with Gasteiger partial charge in [-0.2, -0.15) is 0 Å². The average molecular weight is 316 g/mol. The van der Waals surface area contributed by atoms with Gasteiger partial charge in [0.2, 0.25) is 10.0 Å². The molecule has 6 nitrogen and oxygen atoms in total. The molecule has 0 aliphatic carbocycles. The van der Waals surface area contributed by atoms with Crippen LogP contribution in [0.1, 0.15) is 12.5 Å². The van der Waals surface area contributed by atoms with Crippen molar-refractivity contribution in [2.75, 3.05) is 23.7 Å². The molecule has 0 aliphatic rings. The highest BCUT2D eigenvalue weighted by Crippen LogP contribution is 2.18. The number of esters is 1. The van der Waals surface area contributed by atoms with Gasteiger partial charge < -0.3 is 10.5 Å². The summed E-state index contributed by atoms with van der Waals surface area (Å²) >= 11 is 4.84. The van der Waals surface area contributed by atoms with Gasteiger partial charge in [0, 0.05) is 12.6 Å². The zero-order valence-electron chi connectivity index (χ0n) is 11.2. The number of benzene rings is 1. The Hall–Kier alpha value is -1.67. The highest BCUT2D eigenvalue weighted by atomic mass is 32.2. The summed E-state index contributed by atoms with van der Waals surface area (Å²) < 4.78 is 29.8. The van der Waals surface area contributed by atoms with Crippen LogP contribution in [0, 0.1) is 0 Å². The molecule has 0 aromatic heterocycles. The Kier molecular flexibility index (Phi) is 5.46. The topological polar surface area (TPSA) is 89.7 Å². The van der Waals surface area contributed by atoms with Crippen molar-refractivity contribution in [1.29, 1.82) is 0 Å². The predicted octanol–water partition coefficient (Wildman–Crippen LogP) is 0.650. The molecule has 0 unspecified atom stereocenters. The number of anilines is 1. The highest BCUT2D eigenvalue weighted by molar-refractivity contribution is 7.93. The molecule has 2 N–H and O–H groups in total. The molecule has 0 fully saturated rings. The van der Waals surface area contributed by atoms with Gasteiger partial charge in [-0.3, -0.25) is 9.10 Å². The summed E-state index contributed by atoms with van der Waals surface area (Å²) in [6, 6.07) is 6.45. The number of thiocarbonyl (C=S) groups is 1. The van der Waals surface area contributed by atoms with Gasteiger partial charge in [-0.15, -0.1) is 0 Å². The maximum Gasteiger partial charge on any atom is 0.323 e. The molecular formula is C12H16N2O4S2. The molecule has 0 saturated carbocycles. The molecule has 0 atom stereocenters. The lowest BCUT2D eigenvalue weighted by atomic mass is 10.2. The second-order valence-electron chi connectivity index (χ2n) is 3.94. The summed E-state index contributed by atoms with van der Waals surface area (Å²) in [6.07, 6.45) is 0. The van der Waals surface area contributed by atoms with E-state index in [0.717, 1.165) is 4.31 Å². The minimum atomic E-state index is -3.80. The van der Waals surface area contributed by atoms with Gasteiger partial charge in [0.1, 0.15) is 4.99 Å². The number of hydrogen-bond acceptors (Lipinski definition) is 5. The number of sulfonamides is 1. The fraction of sp³-hybridized carbons (Fsp3) is 0.333. The molecule has 0 saturated heterocycles. The first-order chi connectivity index (χ1) is 9.27. The van der Waals surface area contributed by atoms with Crippen LogP contribution in [0.4, 0.5) is 5.69 Å². The van der Waals surface area contributed by atoms with Crippen LogP contribution < -0.4 is 10.0 Å². The van der Waals surface area contributed by atoms with Crippen molar-refractivity contribution in [3.63, 3.8) is 0 Å². The van der Waals surface area contributed by atoms with E-state index in [0.29, 0.717) is 11.3 Å². The van der Waals surface area contributed by atoms with Crippen LogP contribution in [0.2, 0.25) is 0 Å². The van der Waals surface area contributed by atoms with E-state index >= 15 is 0 Å². The second kappa shape index (κ2) is 6.67. The van der Waals surface area contributed by atoms with Crippen LogP contribution in [-0.2, 0) is 19.6 Å². The van der Waals surface area contributed by atoms with E-state index in [1.165, 1.54) is 7.05 Å². The van der Waals surface area contributed by atoms with Gasteiger partial charge in [0.25, 0.3) is 0 Å². The van der Waals surface area contributed by atoms with Crippen LogP contribution in [0.3, 0.4) is 0 Å². The molecular weight excluding hydrogens is 300 g/mol. The molecule has 0 spiro atoms. The van der Waals surface area contributed by atoms with Crippen LogP contribution in [-0.4, -0.2) is 38.8 Å². The van der Waals surface area contributed by atoms with E-state index in [4.69, 9.17) is 18.0 Å². The van der Waals surface area contributed by atoms with Crippen LogP contribution in [0.25, 0.3) is 0 Å². The number of hydrogen-bond donors (Lipinski definition) is 1. The third-order valence-corrected chi connectivity index (χ3v) is 4.40. The minimum Gasteiger partial charge on any atom is -0.465 e. The Morgan fingerprint density at radius 2 is 2.10 bits per heavy atom. The summed E-state index contributed by atoms with van der Waals surface area (Å²) in [5.41, 5.74) is 6.43. The number of nitrogens with zero attached hydrogens (tertiary/aromatic N) is 1. The molecule has 20 heavy (non-hydrogen) atoms. The first-order valence-electron chi connectivity index (χ1n) is 5.80. The van der Waals surface area contributed by atoms with E-state index in [9.17, 15) is 13.2 Å². The normalized spacial score (nSPS) is 10.9. The molecule has 0 aliphatic heterocycles.